The van der Waals surface area contributed by atoms with Crippen molar-refractivity contribution in [3.63, 3.8) is 0 Å². The molecule has 0 aromatic carbocycles. The highest BCUT2D eigenvalue weighted by molar-refractivity contribution is 4.97. The van der Waals surface area contributed by atoms with Crippen LogP contribution in [0.1, 0.15) is 51.4 Å². The Labute approximate surface area is 119 Å². The van der Waals surface area contributed by atoms with Gasteiger partial charge in [-0.1, -0.05) is 25.7 Å². The van der Waals surface area contributed by atoms with Gasteiger partial charge < -0.3 is 15.0 Å². The van der Waals surface area contributed by atoms with E-state index in [1.54, 1.807) is 7.11 Å². The van der Waals surface area contributed by atoms with Gasteiger partial charge in [-0.3, -0.25) is 0 Å². The SMILES string of the molecule is COCCCCCCCCN1CC2(CCNCC2)C1. The number of nitrogens with zero attached hydrogens (tertiary/aromatic N) is 1. The zero-order chi connectivity index (χ0) is 13.4. The molecule has 2 aliphatic heterocycles. The maximum atomic E-state index is 5.07. The summed E-state index contributed by atoms with van der Waals surface area (Å²) in [5.74, 6) is 0. The summed E-state index contributed by atoms with van der Waals surface area (Å²) in [6.07, 6.45) is 11.0. The predicted molar refractivity (Wildman–Crippen MR) is 80.6 cm³/mol. The minimum absolute atomic E-state index is 0.714. The minimum atomic E-state index is 0.714. The van der Waals surface area contributed by atoms with E-state index in [1.807, 2.05) is 0 Å². The number of rotatable bonds is 9. The molecule has 0 aliphatic carbocycles. The van der Waals surface area contributed by atoms with Gasteiger partial charge in [-0.2, -0.15) is 0 Å². The van der Waals surface area contributed by atoms with Crippen molar-refractivity contribution < 1.29 is 4.74 Å². The first-order valence-electron chi connectivity index (χ1n) is 8.27. The van der Waals surface area contributed by atoms with Crippen LogP contribution in [0.4, 0.5) is 0 Å². The van der Waals surface area contributed by atoms with E-state index in [2.05, 4.69) is 10.2 Å². The third-order valence-electron chi connectivity index (χ3n) is 4.86. The first kappa shape index (κ1) is 15.3. The lowest BCUT2D eigenvalue weighted by Crippen LogP contribution is -2.59. The second kappa shape index (κ2) is 8.23. The quantitative estimate of drug-likeness (QED) is 0.651. The van der Waals surface area contributed by atoms with Crippen molar-refractivity contribution in [3.8, 4) is 0 Å². The van der Waals surface area contributed by atoms with Crippen molar-refractivity contribution in [1.29, 1.82) is 0 Å². The highest BCUT2D eigenvalue weighted by atomic mass is 16.5. The average molecular weight is 268 g/mol. The van der Waals surface area contributed by atoms with E-state index in [1.165, 1.54) is 84.1 Å². The second-order valence-electron chi connectivity index (χ2n) is 6.57. The number of nitrogens with one attached hydrogen (secondary N) is 1. The van der Waals surface area contributed by atoms with Gasteiger partial charge >= 0.3 is 0 Å². The lowest BCUT2D eigenvalue weighted by Gasteiger charge is -2.52. The molecule has 0 atom stereocenters. The Morgan fingerprint density at radius 1 is 0.947 bits per heavy atom. The first-order valence-corrected chi connectivity index (χ1v) is 8.27. The number of likely N-dealkylation sites (tertiary alicyclic amines) is 1. The number of hydrogen-bond donors (Lipinski definition) is 1. The number of hydrogen-bond acceptors (Lipinski definition) is 3. The van der Waals surface area contributed by atoms with E-state index in [4.69, 9.17) is 4.74 Å². The molecular weight excluding hydrogens is 236 g/mol. The van der Waals surface area contributed by atoms with Crippen LogP contribution in [0.3, 0.4) is 0 Å². The molecule has 0 aromatic heterocycles. The lowest BCUT2D eigenvalue weighted by atomic mass is 9.72. The van der Waals surface area contributed by atoms with Gasteiger partial charge in [0, 0.05) is 26.8 Å². The van der Waals surface area contributed by atoms with Gasteiger partial charge in [0.2, 0.25) is 0 Å². The van der Waals surface area contributed by atoms with Crippen LogP contribution in [0.2, 0.25) is 0 Å². The van der Waals surface area contributed by atoms with Gasteiger partial charge in [0.25, 0.3) is 0 Å². The number of piperidine rings is 1. The summed E-state index contributed by atoms with van der Waals surface area (Å²) in [4.78, 5) is 2.68. The smallest absolute Gasteiger partial charge is 0.0462 e. The Morgan fingerprint density at radius 2 is 1.58 bits per heavy atom. The molecular formula is C16H32N2O. The van der Waals surface area contributed by atoms with Gasteiger partial charge in [0.15, 0.2) is 0 Å². The molecule has 2 fully saturated rings. The van der Waals surface area contributed by atoms with Gasteiger partial charge in [0.1, 0.15) is 0 Å². The molecule has 2 aliphatic rings. The summed E-state index contributed by atoms with van der Waals surface area (Å²) < 4.78 is 5.07. The zero-order valence-electron chi connectivity index (χ0n) is 12.8. The molecule has 0 unspecified atom stereocenters. The summed E-state index contributed by atoms with van der Waals surface area (Å²) in [6, 6.07) is 0. The third-order valence-corrected chi connectivity index (χ3v) is 4.86. The van der Waals surface area contributed by atoms with Crippen LogP contribution in [-0.4, -0.2) is 51.3 Å². The molecule has 0 bridgehead atoms. The minimum Gasteiger partial charge on any atom is -0.385 e. The van der Waals surface area contributed by atoms with Crippen LogP contribution in [0.15, 0.2) is 0 Å². The monoisotopic (exact) mass is 268 g/mol. The fourth-order valence-electron chi connectivity index (χ4n) is 3.62. The van der Waals surface area contributed by atoms with Gasteiger partial charge in [-0.25, -0.2) is 0 Å². The maximum absolute atomic E-state index is 5.07. The summed E-state index contributed by atoms with van der Waals surface area (Å²) in [7, 11) is 1.79. The Hall–Kier alpha value is -0.120. The van der Waals surface area contributed by atoms with Crippen molar-refractivity contribution in [2.24, 2.45) is 5.41 Å². The topological polar surface area (TPSA) is 24.5 Å². The molecule has 0 radical (unpaired) electrons. The first-order chi connectivity index (χ1) is 9.35. The van der Waals surface area contributed by atoms with E-state index in [0.29, 0.717) is 5.41 Å². The molecule has 1 spiro atoms. The van der Waals surface area contributed by atoms with Crippen LogP contribution in [0, 0.1) is 5.41 Å². The van der Waals surface area contributed by atoms with E-state index >= 15 is 0 Å². The molecule has 0 amide bonds. The van der Waals surface area contributed by atoms with Crippen LogP contribution in [0.25, 0.3) is 0 Å². The van der Waals surface area contributed by atoms with Crippen molar-refractivity contribution in [2.75, 3.05) is 46.4 Å². The Bertz CT molecular complexity index is 231. The fraction of sp³-hybridized carbons (Fsp3) is 1.00. The molecule has 2 heterocycles. The van der Waals surface area contributed by atoms with Crippen LogP contribution >= 0.6 is 0 Å². The lowest BCUT2D eigenvalue weighted by molar-refractivity contribution is -0.0233. The molecule has 0 aromatic rings. The summed E-state index contributed by atoms with van der Waals surface area (Å²) in [6.45, 7) is 7.52. The highest BCUT2D eigenvalue weighted by Crippen LogP contribution is 2.38. The normalized spacial score (nSPS) is 22.6. The van der Waals surface area contributed by atoms with Crippen LogP contribution in [0.5, 0.6) is 0 Å². The second-order valence-corrected chi connectivity index (χ2v) is 6.57. The van der Waals surface area contributed by atoms with Crippen LogP contribution < -0.4 is 5.32 Å². The zero-order valence-corrected chi connectivity index (χ0v) is 12.8. The molecule has 2 saturated heterocycles. The summed E-state index contributed by atoms with van der Waals surface area (Å²) in [5.41, 5.74) is 0.714. The van der Waals surface area contributed by atoms with Gasteiger partial charge in [-0.05, 0) is 50.7 Å². The van der Waals surface area contributed by atoms with Crippen molar-refractivity contribution in [2.45, 2.75) is 51.4 Å². The number of methoxy groups -OCH3 is 1. The Balaban J connectivity index is 1.39. The molecule has 112 valence electrons. The largest absolute Gasteiger partial charge is 0.385 e. The molecule has 3 heteroatoms. The standard InChI is InChI=1S/C16H32N2O/c1-19-13-7-5-3-2-4-6-12-18-14-16(15-18)8-10-17-11-9-16/h17H,2-15H2,1H3. The van der Waals surface area contributed by atoms with E-state index in [0.717, 1.165) is 6.61 Å². The number of ether oxygens (including phenoxy) is 1. The summed E-state index contributed by atoms with van der Waals surface area (Å²) >= 11 is 0. The fourth-order valence-corrected chi connectivity index (χ4v) is 3.62. The molecule has 0 saturated carbocycles. The predicted octanol–water partition coefficient (Wildman–Crippen LogP) is 2.66. The van der Waals surface area contributed by atoms with Crippen molar-refractivity contribution in [3.05, 3.63) is 0 Å². The van der Waals surface area contributed by atoms with Crippen molar-refractivity contribution in [1.82, 2.24) is 10.2 Å². The maximum Gasteiger partial charge on any atom is 0.0462 e. The van der Waals surface area contributed by atoms with E-state index < -0.39 is 0 Å². The third kappa shape index (κ3) is 5.05. The van der Waals surface area contributed by atoms with Gasteiger partial charge in [0.05, 0.1) is 0 Å². The molecule has 3 nitrogen and oxygen atoms in total. The van der Waals surface area contributed by atoms with Crippen molar-refractivity contribution >= 4 is 0 Å². The summed E-state index contributed by atoms with van der Waals surface area (Å²) in [5, 5.41) is 3.48. The van der Waals surface area contributed by atoms with E-state index in [9.17, 15) is 0 Å². The molecule has 19 heavy (non-hydrogen) atoms. The molecule has 2 rings (SSSR count). The van der Waals surface area contributed by atoms with E-state index in [-0.39, 0.29) is 0 Å². The Kier molecular flexibility index (Phi) is 6.62. The van der Waals surface area contributed by atoms with Gasteiger partial charge in [-0.15, -0.1) is 0 Å². The van der Waals surface area contributed by atoms with Crippen LogP contribution in [-0.2, 0) is 4.74 Å². The number of unbranched alkanes of at least 4 members (excludes halogenated alkanes) is 5. The average Bonchev–Trinajstić information content (AvgIpc) is 2.41. The molecule has 1 N–H and O–H groups in total. The highest BCUT2D eigenvalue weighted by Gasteiger charge is 2.42. The Morgan fingerprint density at radius 3 is 2.26 bits per heavy atom.